The number of carbonyl (C=O) groups excluding carboxylic acids is 3. The highest BCUT2D eigenvalue weighted by atomic mass is 16.4. The maximum absolute atomic E-state index is 12.8. The third kappa shape index (κ3) is 14.4. The number of nitrogens with two attached hydrogens (primary N) is 1. The average molecular weight is 629 g/mol. The van der Waals surface area contributed by atoms with Gasteiger partial charge in [-0.1, -0.05) is 6.92 Å². The Hall–Kier alpha value is -3.38. The van der Waals surface area contributed by atoms with E-state index in [1.807, 2.05) is 11.8 Å². The smallest absolute Gasteiger partial charge is 0.317 e. The van der Waals surface area contributed by atoms with Crippen LogP contribution in [-0.4, -0.2) is 174 Å². The number of primary amides is 1. The van der Waals surface area contributed by atoms with Crippen LogP contribution in [0.25, 0.3) is 0 Å². The van der Waals surface area contributed by atoms with E-state index in [0.717, 1.165) is 6.54 Å². The Bertz CT molecular complexity index is 968. The van der Waals surface area contributed by atoms with Crippen molar-refractivity contribution in [3.05, 3.63) is 0 Å². The molecule has 0 aromatic heterocycles. The van der Waals surface area contributed by atoms with E-state index in [1.54, 1.807) is 14.7 Å². The molecule has 2 fully saturated rings. The number of amides is 3. The fraction of sp³-hybridized carbons (Fsp3) is 0.778. The fourth-order valence-electron chi connectivity index (χ4n) is 5.11. The summed E-state index contributed by atoms with van der Waals surface area (Å²) in [6.45, 7) is 4.78. The maximum Gasteiger partial charge on any atom is 0.317 e. The largest absolute Gasteiger partial charge is 0.480 e. The van der Waals surface area contributed by atoms with Crippen molar-refractivity contribution in [1.29, 1.82) is 0 Å². The standard InChI is InChI=1S/C27H48N8O9/c1-19-14-30-25(19)27(44)31-20(26(28)43)4-2-3-5-29-21(36)15-32-6-8-33(16-22(37)38)10-12-35(18-24(41)42)13-11-34(9-7-32)17-23(39)40/h19-20,25,30H,2-18H2,1H3,(H2,28,43)(H,29,36)(H,31,44)(H,37,38)(H,39,40)(H,41,42)/t19-,20-,25+/m1/s1. The SMILES string of the molecule is C[C@@H]1CN[C@@H]1C(=O)N[C@H](CCCCNC(=O)CN1CCN(CC(=O)O)CCN(CC(=O)O)CCN(CC(=O)O)CC1)C(N)=O. The molecule has 44 heavy (non-hydrogen) atoms. The summed E-state index contributed by atoms with van der Waals surface area (Å²) in [5.74, 6) is -4.02. The molecule has 0 spiro atoms. The van der Waals surface area contributed by atoms with Gasteiger partial charge in [0, 0.05) is 65.4 Å². The van der Waals surface area contributed by atoms with Crippen LogP contribution in [0, 0.1) is 5.92 Å². The number of carboxylic acids is 3. The molecule has 2 heterocycles. The van der Waals surface area contributed by atoms with Crippen LogP contribution in [0.4, 0.5) is 0 Å². The Labute approximate surface area is 257 Å². The normalized spacial score (nSPS) is 22.0. The summed E-state index contributed by atoms with van der Waals surface area (Å²) < 4.78 is 0. The molecule has 3 amide bonds. The number of nitrogens with zero attached hydrogens (tertiary/aromatic N) is 4. The molecule has 3 atom stereocenters. The van der Waals surface area contributed by atoms with Gasteiger partial charge in [0.2, 0.25) is 17.7 Å². The molecule has 0 unspecified atom stereocenters. The highest BCUT2D eigenvalue weighted by Crippen LogP contribution is 2.12. The first-order chi connectivity index (χ1) is 20.8. The molecule has 0 aromatic carbocycles. The van der Waals surface area contributed by atoms with Crippen LogP contribution in [0.15, 0.2) is 0 Å². The molecule has 0 aliphatic carbocycles. The van der Waals surface area contributed by atoms with Gasteiger partial charge in [0.05, 0.1) is 32.2 Å². The van der Waals surface area contributed by atoms with Crippen molar-refractivity contribution in [2.75, 3.05) is 91.6 Å². The number of carboxylic acid groups (broad SMARTS) is 3. The van der Waals surface area contributed by atoms with Crippen molar-refractivity contribution >= 4 is 35.6 Å². The first kappa shape index (κ1) is 36.8. The summed E-state index contributed by atoms with van der Waals surface area (Å²) in [5.41, 5.74) is 5.46. The van der Waals surface area contributed by atoms with Crippen molar-refractivity contribution in [3.63, 3.8) is 0 Å². The molecule has 17 heteroatoms. The van der Waals surface area contributed by atoms with Crippen LogP contribution in [0.2, 0.25) is 0 Å². The van der Waals surface area contributed by atoms with Crippen molar-refractivity contribution < 1.29 is 44.1 Å². The Morgan fingerprint density at radius 3 is 1.52 bits per heavy atom. The van der Waals surface area contributed by atoms with E-state index in [0.29, 0.717) is 65.1 Å². The number of aliphatic carboxylic acids is 3. The summed E-state index contributed by atoms with van der Waals surface area (Å²) >= 11 is 0. The maximum atomic E-state index is 12.8. The van der Waals surface area contributed by atoms with Gasteiger partial charge in [-0.3, -0.25) is 48.4 Å². The Kier molecular flexibility index (Phi) is 16.0. The lowest BCUT2D eigenvalue weighted by atomic mass is 9.92. The highest BCUT2D eigenvalue weighted by molar-refractivity contribution is 5.89. The molecule has 0 radical (unpaired) electrons. The Morgan fingerprint density at radius 2 is 1.18 bits per heavy atom. The van der Waals surface area contributed by atoms with E-state index in [4.69, 9.17) is 5.73 Å². The third-order valence-corrected chi connectivity index (χ3v) is 7.79. The minimum Gasteiger partial charge on any atom is -0.480 e. The predicted octanol–water partition coefficient (Wildman–Crippen LogP) is -3.67. The first-order valence-electron chi connectivity index (χ1n) is 15.0. The molecule has 0 aromatic rings. The molecule has 250 valence electrons. The van der Waals surface area contributed by atoms with E-state index in [1.165, 1.54) is 0 Å². The number of hydrogen-bond donors (Lipinski definition) is 7. The highest BCUT2D eigenvalue weighted by Gasteiger charge is 2.34. The fourth-order valence-corrected chi connectivity index (χ4v) is 5.11. The first-order valence-corrected chi connectivity index (χ1v) is 15.0. The number of rotatable bonds is 16. The minimum absolute atomic E-state index is 0.0134. The molecule has 2 saturated heterocycles. The molecule has 8 N–H and O–H groups in total. The van der Waals surface area contributed by atoms with Crippen LogP contribution < -0.4 is 21.7 Å². The van der Waals surface area contributed by atoms with Crippen LogP contribution in [0.1, 0.15) is 26.2 Å². The number of unbranched alkanes of at least 4 members (excludes halogenated alkanes) is 1. The zero-order chi connectivity index (χ0) is 32.6. The van der Waals surface area contributed by atoms with Gasteiger partial charge in [0.15, 0.2) is 0 Å². The van der Waals surface area contributed by atoms with E-state index >= 15 is 0 Å². The van der Waals surface area contributed by atoms with Gasteiger partial charge in [-0.2, -0.15) is 0 Å². The van der Waals surface area contributed by atoms with E-state index in [2.05, 4.69) is 16.0 Å². The second-order valence-corrected chi connectivity index (χ2v) is 11.5. The van der Waals surface area contributed by atoms with Crippen molar-refractivity contribution in [1.82, 2.24) is 35.6 Å². The number of carbonyl (C=O) groups is 6. The summed E-state index contributed by atoms with van der Waals surface area (Å²) in [5, 5.41) is 36.5. The van der Waals surface area contributed by atoms with Gasteiger partial charge in [0.25, 0.3) is 0 Å². The van der Waals surface area contributed by atoms with Gasteiger partial charge >= 0.3 is 17.9 Å². The van der Waals surface area contributed by atoms with Gasteiger partial charge in [-0.05, 0) is 25.2 Å². The second kappa shape index (κ2) is 19.1. The number of nitrogens with one attached hydrogen (secondary N) is 3. The molecule has 2 aliphatic rings. The monoisotopic (exact) mass is 628 g/mol. The van der Waals surface area contributed by atoms with Crippen molar-refractivity contribution in [3.8, 4) is 0 Å². The lowest BCUT2D eigenvalue weighted by Crippen LogP contribution is -2.61. The molecule has 2 aliphatic heterocycles. The molecule has 0 bridgehead atoms. The van der Waals surface area contributed by atoms with Gasteiger partial charge in [-0.15, -0.1) is 0 Å². The average Bonchev–Trinajstić information content (AvgIpc) is 2.91. The second-order valence-electron chi connectivity index (χ2n) is 11.5. The molecule has 0 saturated carbocycles. The molecular weight excluding hydrogens is 580 g/mol. The van der Waals surface area contributed by atoms with Crippen molar-refractivity contribution in [2.45, 2.75) is 38.3 Å². The summed E-state index contributed by atoms with van der Waals surface area (Å²) in [4.78, 5) is 78.0. The van der Waals surface area contributed by atoms with Crippen LogP contribution >= 0.6 is 0 Å². The summed E-state index contributed by atoms with van der Waals surface area (Å²) in [7, 11) is 0. The Morgan fingerprint density at radius 1 is 0.750 bits per heavy atom. The van der Waals surface area contributed by atoms with Crippen molar-refractivity contribution in [2.24, 2.45) is 11.7 Å². The van der Waals surface area contributed by atoms with Crippen LogP contribution in [0.5, 0.6) is 0 Å². The lowest BCUT2D eigenvalue weighted by molar-refractivity contribution is -0.140. The molecule has 2 rings (SSSR count). The van der Waals surface area contributed by atoms with E-state index in [-0.39, 0.29) is 63.0 Å². The summed E-state index contributed by atoms with van der Waals surface area (Å²) in [6, 6.07) is -1.13. The van der Waals surface area contributed by atoms with Gasteiger partial charge in [0.1, 0.15) is 6.04 Å². The number of hydrogen-bond acceptors (Lipinski definition) is 11. The van der Waals surface area contributed by atoms with Crippen LogP contribution in [-0.2, 0) is 28.8 Å². The minimum atomic E-state index is -1.03. The van der Waals surface area contributed by atoms with E-state index in [9.17, 15) is 44.1 Å². The quantitative estimate of drug-likeness (QED) is 0.0816. The molecular formula is C27H48N8O9. The zero-order valence-corrected chi connectivity index (χ0v) is 25.4. The summed E-state index contributed by atoms with van der Waals surface area (Å²) in [6.07, 6.45) is 1.43. The Balaban J connectivity index is 1.89. The van der Waals surface area contributed by atoms with Gasteiger partial charge in [-0.25, -0.2) is 0 Å². The van der Waals surface area contributed by atoms with E-state index < -0.39 is 29.9 Å². The zero-order valence-electron chi connectivity index (χ0n) is 25.4. The van der Waals surface area contributed by atoms with Gasteiger partial charge < -0.3 is 37.0 Å². The molecule has 17 nitrogen and oxygen atoms in total. The third-order valence-electron chi connectivity index (χ3n) is 7.79. The van der Waals surface area contributed by atoms with Crippen LogP contribution in [0.3, 0.4) is 0 Å². The lowest BCUT2D eigenvalue weighted by Gasteiger charge is -2.35. The predicted molar refractivity (Wildman–Crippen MR) is 158 cm³/mol. The topological polar surface area (TPSA) is 238 Å².